The second-order valence-electron chi connectivity index (χ2n) is 9.37. The van der Waals surface area contributed by atoms with Crippen LogP contribution in [-0.2, 0) is 19.3 Å². The molecule has 3 rings (SSSR count). The first-order valence-electron chi connectivity index (χ1n) is 12.4. The van der Waals surface area contributed by atoms with Crippen LogP contribution in [0.3, 0.4) is 0 Å². The molecule has 200 valence electrons. The van der Waals surface area contributed by atoms with Crippen LogP contribution in [0.1, 0.15) is 76.3 Å². The van der Waals surface area contributed by atoms with Crippen molar-refractivity contribution in [2.24, 2.45) is 16.6 Å². The van der Waals surface area contributed by atoms with E-state index >= 15 is 0 Å². The van der Waals surface area contributed by atoms with Crippen molar-refractivity contribution in [2.45, 2.75) is 58.5 Å². The number of aliphatic imine (C=N–C) groups is 1. The van der Waals surface area contributed by atoms with Crippen molar-refractivity contribution in [3.63, 3.8) is 0 Å². The van der Waals surface area contributed by atoms with Gasteiger partial charge < -0.3 is 11.1 Å². The third kappa shape index (κ3) is 6.65. The highest BCUT2D eigenvalue weighted by Gasteiger charge is 2.39. The second-order valence-corrected chi connectivity index (χ2v) is 9.37. The summed E-state index contributed by atoms with van der Waals surface area (Å²) in [7, 11) is 1.03. The molecule has 1 aromatic heterocycles. The number of alkyl halides is 3. The van der Waals surface area contributed by atoms with Crippen LogP contribution >= 0.6 is 0 Å². The van der Waals surface area contributed by atoms with Gasteiger partial charge in [0.25, 0.3) is 11.8 Å². The monoisotopic (exact) mass is 525 g/mol. The van der Waals surface area contributed by atoms with Gasteiger partial charge in [-0.1, -0.05) is 25.5 Å². The number of primary amides is 1. The lowest BCUT2D eigenvalue weighted by molar-refractivity contribution is -0.0585. The van der Waals surface area contributed by atoms with E-state index in [4.69, 9.17) is 11.0 Å². The number of nitrogens with one attached hydrogen (secondary N) is 1. The lowest BCUT2D eigenvalue weighted by atomic mass is 9.89. The Bertz CT molecular complexity index is 1320. The molecule has 1 aliphatic rings. The van der Waals surface area contributed by atoms with Crippen molar-refractivity contribution in [2.75, 3.05) is 7.05 Å². The maximum atomic E-state index is 14.0. The normalized spacial score (nSPS) is 14.8. The van der Waals surface area contributed by atoms with E-state index in [1.807, 2.05) is 19.1 Å². The predicted molar refractivity (Wildman–Crippen MR) is 138 cm³/mol. The number of aromatic nitrogens is 1. The number of hydrogen-bond donors (Lipinski definition) is 2. The number of nitrogens with zero attached hydrogens (tertiary/aromatic N) is 3. The summed E-state index contributed by atoms with van der Waals surface area (Å²) >= 11 is 0. The van der Waals surface area contributed by atoms with Crippen LogP contribution in [0.2, 0.25) is 0 Å². The van der Waals surface area contributed by atoms with Gasteiger partial charge in [-0.25, -0.2) is 4.98 Å². The molecule has 0 saturated heterocycles. The van der Waals surface area contributed by atoms with E-state index in [1.165, 1.54) is 6.07 Å². The summed E-state index contributed by atoms with van der Waals surface area (Å²) in [5.41, 5.74) is 6.77. The molecule has 1 atom stereocenters. The molecule has 1 aliphatic carbocycles. The van der Waals surface area contributed by atoms with E-state index < -0.39 is 29.4 Å². The highest BCUT2D eigenvalue weighted by Crippen LogP contribution is 2.29. The molecule has 38 heavy (non-hydrogen) atoms. The van der Waals surface area contributed by atoms with E-state index in [0.29, 0.717) is 54.5 Å². The number of pyridine rings is 1. The fourth-order valence-electron chi connectivity index (χ4n) is 4.75. The smallest absolute Gasteiger partial charge is 0.364 e. The number of aryl methyl sites for hydroxylation is 1. The molecule has 0 saturated carbocycles. The summed E-state index contributed by atoms with van der Waals surface area (Å²) in [6.07, 6.45) is -1.46. The Morgan fingerprint density at radius 1 is 1.24 bits per heavy atom. The molecule has 10 heteroatoms. The number of halogens is 3. The molecule has 2 aromatic rings. The zero-order valence-electron chi connectivity index (χ0n) is 21.6. The average Bonchev–Trinajstić information content (AvgIpc) is 3.35. The van der Waals surface area contributed by atoms with Crippen LogP contribution in [0.5, 0.6) is 0 Å². The molecule has 7 nitrogen and oxygen atoms in total. The van der Waals surface area contributed by atoms with Crippen LogP contribution in [0.4, 0.5) is 13.2 Å². The van der Waals surface area contributed by atoms with Crippen LogP contribution in [0, 0.1) is 17.2 Å². The van der Waals surface area contributed by atoms with Gasteiger partial charge in [-0.05, 0) is 79.8 Å². The van der Waals surface area contributed by atoms with Crippen molar-refractivity contribution in [1.82, 2.24) is 10.3 Å². The Balaban J connectivity index is 1.97. The first-order chi connectivity index (χ1) is 18.0. The van der Waals surface area contributed by atoms with E-state index in [-0.39, 0.29) is 23.6 Å². The minimum atomic E-state index is -4.80. The van der Waals surface area contributed by atoms with Gasteiger partial charge in [0.1, 0.15) is 5.69 Å². The summed E-state index contributed by atoms with van der Waals surface area (Å²) in [6.45, 7) is 3.50. The Morgan fingerprint density at radius 3 is 2.47 bits per heavy atom. The molecule has 3 N–H and O–H groups in total. The number of carbonyl (C=O) groups excluding carboxylic acids is 2. The van der Waals surface area contributed by atoms with Crippen LogP contribution in [-0.4, -0.2) is 35.7 Å². The third-order valence-corrected chi connectivity index (χ3v) is 6.72. The first kappa shape index (κ1) is 28.6. The van der Waals surface area contributed by atoms with Crippen molar-refractivity contribution in [3.05, 3.63) is 75.2 Å². The molecule has 0 radical (unpaired) electrons. The Kier molecular flexibility index (Phi) is 9.04. The number of carbonyl (C=O) groups is 2. The van der Waals surface area contributed by atoms with Crippen molar-refractivity contribution in [3.8, 4) is 6.07 Å². The van der Waals surface area contributed by atoms with Crippen LogP contribution in [0.25, 0.3) is 0 Å². The summed E-state index contributed by atoms with van der Waals surface area (Å²) in [5, 5.41) is 11.5. The zero-order chi connectivity index (χ0) is 28.0. The number of allylic oxidation sites excluding steroid dienone is 2. The maximum absolute atomic E-state index is 14.0. The maximum Gasteiger partial charge on any atom is 0.434 e. The molecular formula is C28H30F3N5O2. The number of fused-ring (bicyclic) bond motifs is 1. The van der Waals surface area contributed by atoms with Gasteiger partial charge in [-0.15, -0.1) is 0 Å². The standard InChI is InChI=1S/C28H30F3N5O2/c1-4-17(13-18-8-10-19(15-32)11-9-18)12-16(2)24(25(34-3)28(29,30)31)36-27(38)21-14-23(26(33)37)35-22-7-5-6-20(21)22/h8-11,14,17H,4-7,12-13H2,1-3H3,(H2,33,37)(H,36,38)/b24-16+,34-25?. The van der Waals surface area contributed by atoms with Gasteiger partial charge >= 0.3 is 6.18 Å². The van der Waals surface area contributed by atoms with Gasteiger partial charge in [0.2, 0.25) is 0 Å². The minimum Gasteiger partial charge on any atom is -0.364 e. The van der Waals surface area contributed by atoms with E-state index in [2.05, 4.69) is 21.4 Å². The molecule has 0 fully saturated rings. The number of amides is 2. The highest BCUT2D eigenvalue weighted by atomic mass is 19.4. The minimum absolute atomic E-state index is 0.0205. The third-order valence-electron chi connectivity index (χ3n) is 6.72. The van der Waals surface area contributed by atoms with Crippen molar-refractivity contribution in [1.29, 1.82) is 5.26 Å². The summed E-state index contributed by atoms with van der Waals surface area (Å²) in [4.78, 5) is 32.8. The summed E-state index contributed by atoms with van der Waals surface area (Å²) in [6, 6.07) is 10.4. The number of benzene rings is 1. The highest BCUT2D eigenvalue weighted by molar-refractivity contribution is 6.10. The van der Waals surface area contributed by atoms with E-state index in [0.717, 1.165) is 12.6 Å². The summed E-state index contributed by atoms with van der Waals surface area (Å²) in [5.74, 6) is -1.61. The lowest BCUT2D eigenvalue weighted by Gasteiger charge is -2.22. The fourth-order valence-corrected chi connectivity index (χ4v) is 4.75. The number of rotatable bonds is 9. The summed E-state index contributed by atoms with van der Waals surface area (Å²) < 4.78 is 42.0. The van der Waals surface area contributed by atoms with Crippen molar-refractivity contribution < 1.29 is 22.8 Å². The van der Waals surface area contributed by atoms with E-state index in [1.54, 1.807) is 19.1 Å². The van der Waals surface area contributed by atoms with Gasteiger partial charge in [0, 0.05) is 18.3 Å². The molecule has 2 amide bonds. The van der Waals surface area contributed by atoms with Gasteiger partial charge in [-0.3, -0.25) is 14.6 Å². The molecule has 0 aliphatic heterocycles. The predicted octanol–water partition coefficient (Wildman–Crippen LogP) is 4.84. The van der Waals surface area contributed by atoms with Crippen LogP contribution < -0.4 is 11.1 Å². The largest absolute Gasteiger partial charge is 0.434 e. The SMILES string of the molecule is CCC(C/C(C)=C(/NC(=O)c1cc(C(N)=O)nc2c1CCC2)C(=NC)C(F)(F)F)Cc1ccc(C#N)cc1. The van der Waals surface area contributed by atoms with Crippen molar-refractivity contribution >= 4 is 17.5 Å². The average molecular weight is 526 g/mol. The molecule has 0 spiro atoms. The molecule has 0 bridgehead atoms. The molecule has 1 heterocycles. The molecule has 1 unspecified atom stereocenters. The Labute approximate surface area is 219 Å². The molecular weight excluding hydrogens is 495 g/mol. The first-order valence-corrected chi connectivity index (χ1v) is 12.4. The Hall–Kier alpha value is -4.00. The molecule has 1 aromatic carbocycles. The fraction of sp³-hybridized carbons (Fsp3) is 0.393. The number of nitriles is 1. The van der Waals surface area contributed by atoms with Gasteiger partial charge in [-0.2, -0.15) is 18.4 Å². The second kappa shape index (κ2) is 12.0. The van der Waals surface area contributed by atoms with Gasteiger partial charge in [0.05, 0.1) is 17.3 Å². The van der Waals surface area contributed by atoms with E-state index in [9.17, 15) is 22.8 Å². The zero-order valence-corrected chi connectivity index (χ0v) is 21.6. The number of nitrogens with two attached hydrogens (primary N) is 1. The van der Waals surface area contributed by atoms with Crippen LogP contribution in [0.15, 0.2) is 46.6 Å². The Morgan fingerprint density at radius 2 is 1.92 bits per heavy atom. The topological polar surface area (TPSA) is 121 Å². The van der Waals surface area contributed by atoms with Gasteiger partial charge in [0.15, 0.2) is 5.71 Å². The quantitative estimate of drug-likeness (QED) is 0.455. The number of hydrogen-bond acceptors (Lipinski definition) is 5. The lowest BCUT2D eigenvalue weighted by Crippen LogP contribution is -2.37.